The lowest BCUT2D eigenvalue weighted by atomic mass is 10.0. The third kappa shape index (κ3) is 3.95. The van der Waals surface area contributed by atoms with Gasteiger partial charge in [-0.05, 0) is 61.9 Å². The number of hydrogen-bond donors (Lipinski definition) is 1. The van der Waals surface area contributed by atoms with Crippen LogP contribution in [0.1, 0.15) is 35.4 Å². The fourth-order valence-electron chi connectivity index (χ4n) is 3.20. The number of aryl methyl sites for hydroxylation is 2. The van der Waals surface area contributed by atoms with Crippen LogP contribution in [0.15, 0.2) is 47.6 Å². The highest BCUT2D eigenvalue weighted by molar-refractivity contribution is 7.93. The molecule has 0 spiro atoms. The van der Waals surface area contributed by atoms with Crippen molar-refractivity contribution in [1.82, 2.24) is 9.97 Å². The van der Waals surface area contributed by atoms with Gasteiger partial charge in [0.15, 0.2) is 0 Å². The van der Waals surface area contributed by atoms with E-state index in [2.05, 4.69) is 29.0 Å². The van der Waals surface area contributed by atoms with Crippen LogP contribution in [0.5, 0.6) is 11.6 Å². The van der Waals surface area contributed by atoms with Gasteiger partial charge in [-0.1, -0.05) is 29.3 Å². The summed E-state index contributed by atoms with van der Waals surface area (Å²) in [5, 5.41) is 0.544. The first kappa shape index (κ1) is 18.3. The van der Waals surface area contributed by atoms with Crippen LogP contribution in [-0.4, -0.2) is 14.5 Å². The Balaban J connectivity index is 1.77. The Hall–Kier alpha value is -2.08. The summed E-state index contributed by atoms with van der Waals surface area (Å²) >= 11 is 6.69. The predicted octanol–water partition coefficient (Wildman–Crippen LogP) is 6.65. The van der Waals surface area contributed by atoms with E-state index in [0.717, 1.165) is 16.9 Å². The van der Waals surface area contributed by atoms with Gasteiger partial charge in [-0.15, -0.1) is 0 Å². The van der Waals surface area contributed by atoms with Gasteiger partial charge in [0.05, 0.1) is 15.6 Å². The van der Waals surface area contributed by atoms with E-state index in [1.165, 1.54) is 24.0 Å². The fourth-order valence-corrected chi connectivity index (χ4v) is 3.67. The molecule has 4 rings (SSSR count). The number of halogens is 1. The van der Waals surface area contributed by atoms with Gasteiger partial charge in [0.25, 0.3) is 0 Å². The number of hydrogen-bond acceptors (Lipinski definition) is 5. The van der Waals surface area contributed by atoms with Crippen molar-refractivity contribution in [2.45, 2.75) is 37.5 Å². The van der Waals surface area contributed by atoms with Crippen molar-refractivity contribution in [3.8, 4) is 22.9 Å². The minimum Gasteiger partial charge on any atom is -0.437 e. The van der Waals surface area contributed by atoms with Crippen molar-refractivity contribution in [2.24, 2.45) is 0 Å². The molecule has 1 fully saturated rings. The van der Waals surface area contributed by atoms with Crippen molar-refractivity contribution in [1.29, 1.82) is 0 Å². The van der Waals surface area contributed by atoms with Gasteiger partial charge in [0.1, 0.15) is 5.75 Å². The smallest absolute Gasteiger partial charge is 0.235 e. The Bertz CT molecular complexity index is 1010. The van der Waals surface area contributed by atoms with E-state index in [1.54, 1.807) is 24.5 Å². The zero-order valence-corrected chi connectivity index (χ0v) is 16.6. The molecule has 2 aromatic heterocycles. The number of pyridine rings is 2. The van der Waals surface area contributed by atoms with Gasteiger partial charge in [0, 0.05) is 30.0 Å². The molecule has 4 nitrogen and oxygen atoms in total. The summed E-state index contributed by atoms with van der Waals surface area (Å²) in [5.41, 5.74) is 5.01. The number of rotatable bonds is 5. The van der Waals surface area contributed by atoms with E-state index < -0.39 is 0 Å². The molecule has 1 aromatic carbocycles. The lowest BCUT2D eigenvalue weighted by molar-refractivity contribution is 0.441. The van der Waals surface area contributed by atoms with E-state index in [-0.39, 0.29) is 0 Å². The zero-order valence-electron chi connectivity index (χ0n) is 15.1. The highest BCUT2D eigenvalue weighted by atomic mass is 35.5. The predicted molar refractivity (Wildman–Crippen MR) is 109 cm³/mol. The van der Waals surface area contributed by atoms with Gasteiger partial charge in [-0.3, -0.25) is 4.98 Å². The zero-order chi connectivity index (χ0) is 19.0. The summed E-state index contributed by atoms with van der Waals surface area (Å²) in [6.07, 6.45) is 5.65. The monoisotopic (exact) mass is 398 g/mol. The molecular weight excluding hydrogens is 380 g/mol. The number of ether oxygens (including phenoxy) is 1. The van der Waals surface area contributed by atoms with E-state index in [9.17, 15) is 4.55 Å². The fraction of sp³-hybridized carbons (Fsp3) is 0.238. The third-order valence-electron chi connectivity index (χ3n) is 4.59. The summed E-state index contributed by atoms with van der Waals surface area (Å²) in [7, 11) is 0. The van der Waals surface area contributed by atoms with Crippen molar-refractivity contribution >= 4 is 23.6 Å². The molecule has 0 radical (unpaired) electrons. The molecule has 0 amide bonds. The van der Waals surface area contributed by atoms with E-state index in [1.807, 2.05) is 13.0 Å². The molecule has 138 valence electrons. The third-order valence-corrected chi connectivity index (χ3v) is 5.30. The Morgan fingerprint density at radius 1 is 1.15 bits per heavy atom. The minimum absolute atomic E-state index is 0.383. The second-order valence-electron chi connectivity index (χ2n) is 6.86. The maximum Gasteiger partial charge on any atom is 0.235 e. The van der Waals surface area contributed by atoms with Gasteiger partial charge in [-0.25, -0.2) is 4.98 Å². The summed E-state index contributed by atoms with van der Waals surface area (Å²) in [6, 6.07) is 9.72. The van der Waals surface area contributed by atoms with Crippen LogP contribution in [0.4, 0.5) is 0 Å². The summed E-state index contributed by atoms with van der Waals surface area (Å²) in [6.45, 7) is 4.15. The Labute approximate surface area is 167 Å². The molecule has 0 aliphatic heterocycles. The van der Waals surface area contributed by atoms with Gasteiger partial charge in [-0.2, -0.15) is 0 Å². The molecular formula is C21H19ClN2O2S. The molecule has 1 N–H and O–H groups in total. The number of benzene rings is 1. The van der Waals surface area contributed by atoms with Crippen molar-refractivity contribution < 1.29 is 9.29 Å². The molecule has 6 heteroatoms. The molecule has 0 atom stereocenters. The highest BCUT2D eigenvalue weighted by Crippen LogP contribution is 2.47. The minimum atomic E-state index is 0.383. The molecule has 0 bridgehead atoms. The number of aromatic nitrogens is 2. The SMILES string of the molecule is Cc1cc(C)c(Oc2nc(-c3cncc(Cl)c3)ccc2SO)c(C2CC2)c1. The van der Waals surface area contributed by atoms with Crippen LogP contribution in [0.2, 0.25) is 5.02 Å². The van der Waals surface area contributed by atoms with Crippen LogP contribution >= 0.6 is 23.6 Å². The molecule has 1 aliphatic carbocycles. The average Bonchev–Trinajstić information content (AvgIpc) is 3.48. The van der Waals surface area contributed by atoms with Gasteiger partial charge in [0.2, 0.25) is 5.88 Å². The molecule has 2 heterocycles. The Morgan fingerprint density at radius 2 is 1.96 bits per heavy atom. The number of nitrogens with zero attached hydrogens (tertiary/aromatic N) is 2. The summed E-state index contributed by atoms with van der Waals surface area (Å²) in [5.74, 6) is 1.77. The molecule has 1 saturated carbocycles. The van der Waals surface area contributed by atoms with Crippen LogP contribution in [-0.2, 0) is 0 Å². The second-order valence-corrected chi connectivity index (χ2v) is 7.92. The lowest BCUT2D eigenvalue weighted by Gasteiger charge is -2.16. The second kappa shape index (κ2) is 7.50. The van der Waals surface area contributed by atoms with E-state index >= 15 is 0 Å². The molecule has 27 heavy (non-hydrogen) atoms. The molecule has 3 aromatic rings. The first-order chi connectivity index (χ1) is 13.0. The molecule has 1 aliphatic rings. The van der Waals surface area contributed by atoms with Gasteiger partial charge >= 0.3 is 0 Å². The van der Waals surface area contributed by atoms with Crippen LogP contribution in [0.25, 0.3) is 11.3 Å². The lowest BCUT2D eigenvalue weighted by Crippen LogP contribution is -1.99. The quantitative estimate of drug-likeness (QED) is 0.487. The molecule has 0 unspecified atom stereocenters. The Kier molecular flexibility index (Phi) is 5.08. The molecule has 0 saturated heterocycles. The van der Waals surface area contributed by atoms with Crippen molar-refractivity contribution in [3.63, 3.8) is 0 Å². The van der Waals surface area contributed by atoms with E-state index in [0.29, 0.717) is 39.5 Å². The van der Waals surface area contributed by atoms with E-state index in [4.69, 9.17) is 16.3 Å². The first-order valence-corrected chi connectivity index (χ1v) is 9.92. The largest absolute Gasteiger partial charge is 0.437 e. The standard InChI is InChI=1S/C21H19ClN2O2S/c1-12-7-13(2)20(17(8-12)14-3-4-14)26-21-19(27-25)6-5-18(24-21)15-9-16(22)11-23-10-15/h5-11,14,25H,3-4H2,1-2H3. The van der Waals surface area contributed by atoms with Gasteiger partial charge < -0.3 is 9.29 Å². The normalized spacial score (nSPS) is 13.6. The van der Waals surface area contributed by atoms with Crippen LogP contribution in [0, 0.1) is 13.8 Å². The Morgan fingerprint density at radius 3 is 2.67 bits per heavy atom. The van der Waals surface area contributed by atoms with Crippen LogP contribution in [0.3, 0.4) is 0 Å². The van der Waals surface area contributed by atoms with Crippen molar-refractivity contribution in [3.05, 3.63) is 64.4 Å². The maximum absolute atomic E-state index is 9.67. The topological polar surface area (TPSA) is 55.2 Å². The average molecular weight is 399 g/mol. The van der Waals surface area contributed by atoms with Crippen molar-refractivity contribution in [2.75, 3.05) is 0 Å². The maximum atomic E-state index is 9.67. The van der Waals surface area contributed by atoms with Crippen LogP contribution < -0.4 is 4.74 Å². The summed E-state index contributed by atoms with van der Waals surface area (Å²) < 4.78 is 15.9. The highest BCUT2D eigenvalue weighted by Gasteiger charge is 2.28. The first-order valence-electron chi connectivity index (χ1n) is 8.77. The summed E-state index contributed by atoms with van der Waals surface area (Å²) in [4.78, 5) is 9.32.